The number of hydrogen-bond donors (Lipinski definition) is 1. The van der Waals surface area contributed by atoms with Crippen LogP contribution in [0.2, 0.25) is 0 Å². The summed E-state index contributed by atoms with van der Waals surface area (Å²) < 4.78 is 5.35. The first-order chi connectivity index (χ1) is 10.3. The maximum atomic E-state index is 12.0. The van der Waals surface area contributed by atoms with E-state index in [2.05, 4.69) is 20.5 Å². The molecule has 0 bridgehead atoms. The van der Waals surface area contributed by atoms with Gasteiger partial charge in [0.1, 0.15) is 5.69 Å². The van der Waals surface area contributed by atoms with Crippen LogP contribution in [-0.2, 0) is 0 Å². The molecular weight excluding hydrogens is 308 g/mol. The number of amides is 1. The van der Waals surface area contributed by atoms with E-state index in [1.165, 1.54) is 23.1 Å². The number of nitrogens with one attached hydrogen (secondary N) is 1. The quantitative estimate of drug-likeness (QED) is 0.744. The second kappa shape index (κ2) is 6.06. The highest BCUT2D eigenvalue weighted by Crippen LogP contribution is 2.25. The molecule has 0 aliphatic rings. The van der Waals surface area contributed by atoms with Gasteiger partial charge in [0.2, 0.25) is 5.13 Å². The molecule has 0 aliphatic carbocycles. The first-order valence-corrected chi connectivity index (χ1v) is 8.00. The molecule has 3 aromatic heterocycles. The third kappa shape index (κ3) is 3.11. The van der Waals surface area contributed by atoms with Crippen LogP contribution in [0.15, 0.2) is 46.0 Å². The molecule has 106 valence electrons. The van der Waals surface area contributed by atoms with Crippen molar-refractivity contribution in [2.45, 2.75) is 5.09 Å². The van der Waals surface area contributed by atoms with E-state index >= 15 is 0 Å². The van der Waals surface area contributed by atoms with E-state index in [0.29, 0.717) is 15.2 Å². The Kier molecular flexibility index (Phi) is 3.98. The molecule has 0 atom stereocenters. The third-order valence-corrected chi connectivity index (χ3v) is 4.02. The average molecular weight is 318 g/mol. The number of hydrogen-bond acceptors (Lipinski definition) is 7. The number of carbonyl (C=O) groups is 1. The number of anilines is 1. The summed E-state index contributed by atoms with van der Waals surface area (Å²) in [5, 5.41) is 12.3. The lowest BCUT2D eigenvalue weighted by Gasteiger charge is -1.96. The van der Waals surface area contributed by atoms with E-state index in [9.17, 15) is 4.79 Å². The van der Waals surface area contributed by atoms with Gasteiger partial charge in [0.15, 0.2) is 15.9 Å². The van der Waals surface area contributed by atoms with Crippen LogP contribution in [0.25, 0.3) is 10.7 Å². The van der Waals surface area contributed by atoms with Crippen molar-refractivity contribution >= 4 is 34.1 Å². The fourth-order valence-corrected chi connectivity index (χ4v) is 2.67. The zero-order valence-electron chi connectivity index (χ0n) is 10.9. The van der Waals surface area contributed by atoms with E-state index in [1.54, 1.807) is 18.3 Å². The minimum atomic E-state index is -0.348. The smallest absolute Gasteiger partial charge is 0.293 e. The summed E-state index contributed by atoms with van der Waals surface area (Å²) >= 11 is 2.69. The van der Waals surface area contributed by atoms with Gasteiger partial charge in [-0.3, -0.25) is 15.1 Å². The first kappa shape index (κ1) is 13.8. The molecule has 3 rings (SSSR count). The summed E-state index contributed by atoms with van der Waals surface area (Å²) in [4.78, 5) is 16.2. The molecule has 0 aliphatic heterocycles. The molecule has 1 amide bonds. The Hall–Kier alpha value is -2.19. The molecule has 0 unspecified atom stereocenters. The molecule has 3 aromatic rings. The topological polar surface area (TPSA) is 80.9 Å². The van der Waals surface area contributed by atoms with Gasteiger partial charge in [0.05, 0.1) is 0 Å². The van der Waals surface area contributed by atoms with Crippen LogP contribution < -0.4 is 5.32 Å². The van der Waals surface area contributed by atoms with Crippen molar-refractivity contribution < 1.29 is 9.21 Å². The van der Waals surface area contributed by atoms with Gasteiger partial charge >= 0.3 is 0 Å². The summed E-state index contributed by atoms with van der Waals surface area (Å²) in [5.74, 6) is -0.104. The van der Waals surface area contributed by atoms with Crippen LogP contribution in [0.1, 0.15) is 10.6 Å². The van der Waals surface area contributed by atoms with Crippen molar-refractivity contribution in [3.05, 3.63) is 42.3 Å². The van der Waals surface area contributed by atoms with Crippen molar-refractivity contribution in [3.8, 4) is 10.7 Å². The van der Waals surface area contributed by atoms with E-state index in [0.717, 1.165) is 5.69 Å². The lowest BCUT2D eigenvalue weighted by molar-refractivity contribution is 0.0992. The van der Waals surface area contributed by atoms with Crippen LogP contribution in [-0.4, -0.2) is 27.3 Å². The Morgan fingerprint density at radius 3 is 2.90 bits per heavy atom. The fourth-order valence-electron chi connectivity index (χ4n) is 1.58. The van der Waals surface area contributed by atoms with Crippen molar-refractivity contribution in [2.24, 2.45) is 0 Å². The van der Waals surface area contributed by atoms with Gasteiger partial charge in [0, 0.05) is 6.20 Å². The zero-order chi connectivity index (χ0) is 14.7. The average Bonchev–Trinajstić information content (AvgIpc) is 3.17. The molecule has 0 fully saturated rings. The van der Waals surface area contributed by atoms with Gasteiger partial charge in [-0.2, -0.15) is 0 Å². The van der Waals surface area contributed by atoms with Crippen molar-refractivity contribution in [3.63, 3.8) is 0 Å². The molecular formula is C13H10N4O2S2. The Morgan fingerprint density at radius 2 is 2.19 bits per heavy atom. The number of carbonyl (C=O) groups excluding carboxylic acids is 1. The summed E-state index contributed by atoms with van der Waals surface area (Å²) in [6.45, 7) is 0. The highest BCUT2D eigenvalue weighted by Gasteiger charge is 2.14. The summed E-state index contributed by atoms with van der Waals surface area (Å²) in [6.07, 6.45) is 3.56. The minimum absolute atomic E-state index is 0.244. The number of aromatic nitrogens is 3. The molecule has 0 saturated heterocycles. The number of furan rings is 1. The largest absolute Gasteiger partial charge is 0.445 e. The van der Waals surface area contributed by atoms with Crippen molar-refractivity contribution in [2.75, 3.05) is 11.6 Å². The van der Waals surface area contributed by atoms with Crippen LogP contribution in [0.4, 0.5) is 5.13 Å². The van der Waals surface area contributed by atoms with E-state index in [1.807, 2.05) is 24.5 Å². The standard InChI is InChI=1S/C13H10N4O2S2/c1-20-10-6-5-9(19-10)11(18)15-13-17-16-12(21-13)8-4-2-3-7-14-8/h2-7H,1H3,(H,15,17,18). The molecule has 1 N–H and O–H groups in total. The van der Waals surface area contributed by atoms with Gasteiger partial charge in [-0.15, -0.1) is 10.2 Å². The van der Waals surface area contributed by atoms with Crippen molar-refractivity contribution in [1.29, 1.82) is 0 Å². The molecule has 0 spiro atoms. The van der Waals surface area contributed by atoms with Gasteiger partial charge in [-0.05, 0) is 30.5 Å². The zero-order valence-corrected chi connectivity index (χ0v) is 12.6. The van der Waals surface area contributed by atoms with E-state index in [-0.39, 0.29) is 11.7 Å². The van der Waals surface area contributed by atoms with Gasteiger partial charge in [-0.25, -0.2) is 0 Å². The lowest BCUT2D eigenvalue weighted by Crippen LogP contribution is -2.10. The molecule has 0 aromatic carbocycles. The number of thioether (sulfide) groups is 1. The number of pyridine rings is 1. The predicted molar refractivity (Wildman–Crippen MR) is 81.6 cm³/mol. The van der Waals surface area contributed by atoms with Gasteiger partial charge in [-0.1, -0.05) is 29.2 Å². The van der Waals surface area contributed by atoms with Gasteiger partial charge < -0.3 is 4.42 Å². The third-order valence-electron chi connectivity index (χ3n) is 2.54. The van der Waals surface area contributed by atoms with Crippen LogP contribution in [0, 0.1) is 0 Å². The Balaban J connectivity index is 1.74. The maximum absolute atomic E-state index is 12.0. The first-order valence-electron chi connectivity index (χ1n) is 5.96. The second-order valence-electron chi connectivity index (χ2n) is 3.90. The monoisotopic (exact) mass is 318 g/mol. The van der Waals surface area contributed by atoms with Gasteiger partial charge in [0.25, 0.3) is 5.91 Å². The van der Waals surface area contributed by atoms with Crippen LogP contribution >= 0.6 is 23.1 Å². The normalized spacial score (nSPS) is 10.5. The van der Waals surface area contributed by atoms with Crippen LogP contribution in [0.3, 0.4) is 0 Å². The summed E-state index contributed by atoms with van der Waals surface area (Å²) in [5.41, 5.74) is 0.721. The summed E-state index contributed by atoms with van der Waals surface area (Å²) in [6, 6.07) is 8.91. The number of nitrogens with zero attached hydrogens (tertiary/aromatic N) is 3. The Bertz CT molecular complexity index is 754. The molecule has 6 nitrogen and oxygen atoms in total. The molecule has 3 heterocycles. The molecule has 0 saturated carbocycles. The maximum Gasteiger partial charge on any atom is 0.293 e. The Morgan fingerprint density at radius 1 is 1.29 bits per heavy atom. The summed E-state index contributed by atoms with van der Waals surface area (Å²) in [7, 11) is 0. The van der Waals surface area contributed by atoms with E-state index in [4.69, 9.17) is 4.42 Å². The SMILES string of the molecule is CSc1ccc(C(=O)Nc2nnc(-c3ccccn3)s2)o1. The molecule has 21 heavy (non-hydrogen) atoms. The second-order valence-corrected chi connectivity index (χ2v) is 5.69. The van der Waals surface area contributed by atoms with Crippen molar-refractivity contribution in [1.82, 2.24) is 15.2 Å². The van der Waals surface area contributed by atoms with Crippen LogP contribution in [0.5, 0.6) is 0 Å². The lowest BCUT2D eigenvalue weighted by atomic mass is 10.4. The molecule has 0 radical (unpaired) electrons. The fraction of sp³-hybridized carbons (Fsp3) is 0.0769. The predicted octanol–water partition coefficient (Wildman–Crippen LogP) is 3.17. The number of rotatable bonds is 4. The highest BCUT2D eigenvalue weighted by molar-refractivity contribution is 7.98. The van der Waals surface area contributed by atoms with E-state index < -0.39 is 0 Å². The highest BCUT2D eigenvalue weighted by atomic mass is 32.2. The molecule has 8 heteroatoms. The Labute approximate surface area is 128 Å². The minimum Gasteiger partial charge on any atom is -0.445 e.